The highest BCUT2D eigenvalue weighted by Crippen LogP contribution is 2.28. The number of aromatic nitrogens is 2. The first kappa shape index (κ1) is 16.3. The fourth-order valence-electron chi connectivity index (χ4n) is 3.29. The van der Waals surface area contributed by atoms with Gasteiger partial charge in [-0.1, -0.05) is 33.6 Å². The Kier molecular flexibility index (Phi) is 6.03. The summed E-state index contributed by atoms with van der Waals surface area (Å²) in [6.45, 7) is 11.8. The van der Waals surface area contributed by atoms with E-state index in [1.165, 1.54) is 25.7 Å². The highest BCUT2D eigenvalue weighted by Gasteiger charge is 2.28. The summed E-state index contributed by atoms with van der Waals surface area (Å²) in [7, 11) is 0. The fraction of sp³-hybridized carbons (Fsp3) is 0.875. The van der Waals surface area contributed by atoms with Crippen molar-refractivity contribution in [1.82, 2.24) is 15.5 Å². The Morgan fingerprint density at radius 2 is 1.81 bits per heavy atom. The number of rotatable bonds is 6. The molecule has 1 fully saturated rings. The van der Waals surface area contributed by atoms with Crippen molar-refractivity contribution in [3.63, 3.8) is 0 Å². The maximum atomic E-state index is 5.61. The molecule has 1 saturated heterocycles. The number of nitrogens with one attached hydrogen (secondary N) is 1. The first-order valence-corrected chi connectivity index (χ1v) is 8.45. The molecule has 21 heavy (non-hydrogen) atoms. The second kappa shape index (κ2) is 7.78. The molecule has 1 aromatic heterocycles. The van der Waals surface area contributed by atoms with E-state index < -0.39 is 0 Å². The van der Waals surface area contributed by atoms with Crippen molar-refractivity contribution in [3.8, 4) is 0 Å². The molecular formula is C16H30N4O. The van der Waals surface area contributed by atoms with E-state index in [1.807, 2.05) is 0 Å². The SMILES string of the molecule is CCNC(C)C(c1nc(N2CCCCCC2)no1)C(C)C. The summed E-state index contributed by atoms with van der Waals surface area (Å²) >= 11 is 0. The zero-order chi connectivity index (χ0) is 15.2. The first-order valence-electron chi connectivity index (χ1n) is 8.45. The van der Waals surface area contributed by atoms with Crippen LogP contribution in [0.15, 0.2) is 4.52 Å². The molecule has 1 aliphatic heterocycles. The van der Waals surface area contributed by atoms with Crippen molar-refractivity contribution in [2.45, 2.75) is 65.3 Å². The summed E-state index contributed by atoms with van der Waals surface area (Å²) in [4.78, 5) is 6.98. The van der Waals surface area contributed by atoms with Crippen LogP contribution in [0.3, 0.4) is 0 Å². The normalized spacial score (nSPS) is 19.6. The molecule has 2 atom stereocenters. The van der Waals surface area contributed by atoms with Gasteiger partial charge in [-0.15, -0.1) is 0 Å². The molecule has 0 aromatic carbocycles. The third-order valence-corrected chi connectivity index (χ3v) is 4.39. The van der Waals surface area contributed by atoms with Crippen LogP contribution in [0.4, 0.5) is 5.95 Å². The minimum atomic E-state index is 0.262. The molecule has 1 aliphatic rings. The highest BCUT2D eigenvalue weighted by molar-refractivity contribution is 5.28. The lowest BCUT2D eigenvalue weighted by Crippen LogP contribution is -2.34. The van der Waals surface area contributed by atoms with Gasteiger partial charge in [0, 0.05) is 19.1 Å². The Morgan fingerprint density at radius 1 is 1.14 bits per heavy atom. The summed E-state index contributed by atoms with van der Waals surface area (Å²) in [5.74, 6) is 2.29. The predicted octanol–water partition coefficient (Wildman–Crippen LogP) is 3.19. The van der Waals surface area contributed by atoms with E-state index in [9.17, 15) is 0 Å². The summed E-state index contributed by atoms with van der Waals surface area (Å²) in [6, 6.07) is 0.340. The maximum Gasteiger partial charge on any atom is 0.266 e. The van der Waals surface area contributed by atoms with Crippen LogP contribution in [0, 0.1) is 5.92 Å². The second-order valence-electron chi connectivity index (χ2n) is 6.45. The Labute approximate surface area is 128 Å². The van der Waals surface area contributed by atoms with Gasteiger partial charge in [0.1, 0.15) is 0 Å². The molecule has 5 heteroatoms. The third-order valence-electron chi connectivity index (χ3n) is 4.39. The van der Waals surface area contributed by atoms with Gasteiger partial charge in [0.05, 0.1) is 5.92 Å². The predicted molar refractivity (Wildman–Crippen MR) is 85.7 cm³/mol. The molecule has 0 aliphatic carbocycles. The molecule has 0 radical (unpaired) electrons. The van der Waals surface area contributed by atoms with Gasteiger partial charge < -0.3 is 14.7 Å². The van der Waals surface area contributed by atoms with Crippen LogP contribution >= 0.6 is 0 Å². The maximum absolute atomic E-state index is 5.61. The van der Waals surface area contributed by atoms with Gasteiger partial charge in [-0.25, -0.2) is 0 Å². The van der Waals surface area contributed by atoms with Crippen LogP contribution in [-0.4, -0.2) is 35.8 Å². The Balaban J connectivity index is 2.11. The largest absolute Gasteiger partial charge is 0.338 e. The van der Waals surface area contributed by atoms with Gasteiger partial charge in [-0.3, -0.25) is 0 Å². The molecule has 1 aromatic rings. The number of hydrogen-bond donors (Lipinski definition) is 1. The molecule has 2 unspecified atom stereocenters. The molecule has 2 heterocycles. The van der Waals surface area contributed by atoms with Crippen LogP contribution in [-0.2, 0) is 0 Å². The van der Waals surface area contributed by atoms with Gasteiger partial charge in [-0.05, 0) is 37.4 Å². The summed E-state index contributed by atoms with van der Waals surface area (Å²) < 4.78 is 5.61. The lowest BCUT2D eigenvalue weighted by atomic mass is 9.89. The van der Waals surface area contributed by atoms with Crippen molar-refractivity contribution in [2.75, 3.05) is 24.5 Å². The average Bonchev–Trinajstić information content (AvgIpc) is 2.74. The van der Waals surface area contributed by atoms with Gasteiger partial charge >= 0.3 is 0 Å². The number of anilines is 1. The minimum absolute atomic E-state index is 0.262. The number of hydrogen-bond acceptors (Lipinski definition) is 5. The molecule has 0 bridgehead atoms. The summed E-state index contributed by atoms with van der Waals surface area (Å²) in [5, 5.41) is 7.72. The molecule has 1 N–H and O–H groups in total. The quantitative estimate of drug-likeness (QED) is 0.873. The van der Waals surface area contributed by atoms with Crippen molar-refractivity contribution >= 4 is 5.95 Å². The lowest BCUT2D eigenvalue weighted by molar-refractivity contribution is 0.281. The van der Waals surface area contributed by atoms with Crippen LogP contribution in [0.5, 0.6) is 0 Å². The van der Waals surface area contributed by atoms with Gasteiger partial charge in [0.15, 0.2) is 0 Å². The van der Waals surface area contributed by atoms with E-state index in [4.69, 9.17) is 9.51 Å². The van der Waals surface area contributed by atoms with Crippen LogP contribution < -0.4 is 10.2 Å². The number of nitrogens with zero attached hydrogens (tertiary/aromatic N) is 3. The average molecular weight is 294 g/mol. The van der Waals surface area contributed by atoms with Crippen LogP contribution in [0.1, 0.15) is 65.2 Å². The summed E-state index contributed by atoms with van der Waals surface area (Å²) in [6.07, 6.45) is 5.08. The molecular weight excluding hydrogens is 264 g/mol. The summed E-state index contributed by atoms with van der Waals surface area (Å²) in [5.41, 5.74) is 0. The van der Waals surface area contributed by atoms with E-state index in [2.05, 4.69) is 43.1 Å². The van der Waals surface area contributed by atoms with E-state index in [0.717, 1.165) is 31.5 Å². The minimum Gasteiger partial charge on any atom is -0.338 e. The van der Waals surface area contributed by atoms with Crippen molar-refractivity contribution in [2.24, 2.45) is 5.92 Å². The third kappa shape index (κ3) is 4.19. The van der Waals surface area contributed by atoms with Crippen LogP contribution in [0.25, 0.3) is 0 Å². The van der Waals surface area contributed by atoms with Crippen LogP contribution in [0.2, 0.25) is 0 Å². The molecule has 0 amide bonds. The first-order chi connectivity index (χ1) is 10.1. The van der Waals surface area contributed by atoms with Gasteiger partial charge in [0.2, 0.25) is 5.89 Å². The van der Waals surface area contributed by atoms with Gasteiger partial charge in [-0.2, -0.15) is 4.98 Å². The molecule has 0 saturated carbocycles. The smallest absolute Gasteiger partial charge is 0.266 e. The number of likely N-dealkylation sites (N-methyl/N-ethyl adjacent to an activating group) is 1. The van der Waals surface area contributed by atoms with Crippen molar-refractivity contribution < 1.29 is 4.52 Å². The van der Waals surface area contributed by atoms with E-state index >= 15 is 0 Å². The Morgan fingerprint density at radius 3 is 2.38 bits per heavy atom. The molecule has 5 nitrogen and oxygen atoms in total. The van der Waals surface area contributed by atoms with E-state index in [0.29, 0.717) is 12.0 Å². The Hall–Kier alpha value is -1.10. The lowest BCUT2D eigenvalue weighted by Gasteiger charge is -2.24. The monoisotopic (exact) mass is 294 g/mol. The molecule has 120 valence electrons. The highest BCUT2D eigenvalue weighted by atomic mass is 16.5. The van der Waals surface area contributed by atoms with Crippen molar-refractivity contribution in [3.05, 3.63) is 5.89 Å². The van der Waals surface area contributed by atoms with Crippen molar-refractivity contribution in [1.29, 1.82) is 0 Å². The zero-order valence-electron chi connectivity index (χ0n) is 13.9. The standard InChI is InChI=1S/C16H30N4O/c1-5-17-13(4)14(12(2)3)15-18-16(19-21-15)20-10-8-6-7-9-11-20/h12-14,17H,5-11H2,1-4H3. The van der Waals surface area contributed by atoms with E-state index in [-0.39, 0.29) is 5.92 Å². The Bertz CT molecular complexity index is 410. The second-order valence-corrected chi connectivity index (χ2v) is 6.45. The topological polar surface area (TPSA) is 54.2 Å². The molecule has 0 spiro atoms. The van der Waals surface area contributed by atoms with E-state index in [1.54, 1.807) is 0 Å². The molecule has 2 rings (SSSR count). The fourth-order valence-corrected chi connectivity index (χ4v) is 3.29. The zero-order valence-corrected chi connectivity index (χ0v) is 13.9. The van der Waals surface area contributed by atoms with Gasteiger partial charge in [0.25, 0.3) is 5.95 Å².